The number of aliphatic hydroxyl groups excluding tert-OH is 1. The fourth-order valence-corrected chi connectivity index (χ4v) is 1.97. The van der Waals surface area contributed by atoms with Crippen LogP contribution in [0.1, 0.15) is 5.56 Å². The number of anilines is 1. The molecule has 2 aromatic carbocycles. The lowest BCUT2D eigenvalue weighted by atomic mass is 10.1. The van der Waals surface area contributed by atoms with E-state index in [-0.39, 0.29) is 5.76 Å². The van der Waals surface area contributed by atoms with Crippen LogP contribution in [0.2, 0.25) is 0 Å². The largest absolute Gasteiger partial charge is 0.507 e. The predicted molar refractivity (Wildman–Crippen MR) is 89.8 cm³/mol. The monoisotopic (exact) mass is 393 g/mol. The van der Waals surface area contributed by atoms with Crippen molar-refractivity contribution in [2.24, 2.45) is 0 Å². The zero-order valence-corrected chi connectivity index (χ0v) is 13.1. The molecule has 106 valence electrons. The number of amides is 1. The third-order valence-electron chi connectivity index (χ3n) is 2.66. The third kappa shape index (κ3) is 4.42. The van der Waals surface area contributed by atoms with Gasteiger partial charge in [-0.15, -0.1) is 0 Å². The number of carbonyl (C=O) groups excluding carboxylic acids is 2. The highest BCUT2D eigenvalue weighted by atomic mass is 127. The van der Waals surface area contributed by atoms with Gasteiger partial charge >= 0.3 is 0 Å². The van der Waals surface area contributed by atoms with Gasteiger partial charge in [-0.2, -0.15) is 0 Å². The number of hydrogen-bond donors (Lipinski definition) is 2. The number of carbonyl (C=O) groups is 2. The van der Waals surface area contributed by atoms with E-state index in [1.165, 1.54) is 0 Å². The molecule has 0 unspecified atom stereocenters. The Hall–Kier alpha value is -2.15. The van der Waals surface area contributed by atoms with Crippen LogP contribution in [0.4, 0.5) is 5.69 Å². The van der Waals surface area contributed by atoms with Crippen molar-refractivity contribution < 1.29 is 14.7 Å². The van der Waals surface area contributed by atoms with Crippen molar-refractivity contribution in [3.63, 3.8) is 0 Å². The molecule has 0 aromatic heterocycles. The van der Waals surface area contributed by atoms with Crippen LogP contribution < -0.4 is 5.32 Å². The molecular weight excluding hydrogens is 381 g/mol. The van der Waals surface area contributed by atoms with Crippen LogP contribution in [0, 0.1) is 3.57 Å². The molecule has 1 amide bonds. The van der Waals surface area contributed by atoms with Crippen LogP contribution >= 0.6 is 22.6 Å². The first kappa shape index (κ1) is 15.2. The Morgan fingerprint density at radius 2 is 1.62 bits per heavy atom. The summed E-state index contributed by atoms with van der Waals surface area (Å²) in [5.74, 6) is -1.84. The van der Waals surface area contributed by atoms with Crippen molar-refractivity contribution in [3.8, 4) is 0 Å². The number of aliphatic hydroxyl groups is 1. The van der Waals surface area contributed by atoms with Crippen LogP contribution in [0.3, 0.4) is 0 Å². The van der Waals surface area contributed by atoms with Gasteiger partial charge in [0.15, 0.2) is 0 Å². The summed E-state index contributed by atoms with van der Waals surface area (Å²) >= 11 is 2.14. The van der Waals surface area contributed by atoms with Crippen molar-refractivity contribution in [1.29, 1.82) is 0 Å². The quantitative estimate of drug-likeness (QED) is 0.362. The summed E-state index contributed by atoms with van der Waals surface area (Å²) in [6.07, 6.45) is 0.914. The van der Waals surface area contributed by atoms with Crippen molar-refractivity contribution in [1.82, 2.24) is 0 Å². The fraction of sp³-hybridized carbons (Fsp3) is 0. The molecule has 0 spiro atoms. The molecule has 0 bridgehead atoms. The van der Waals surface area contributed by atoms with E-state index >= 15 is 0 Å². The first-order valence-corrected chi connectivity index (χ1v) is 7.21. The van der Waals surface area contributed by atoms with E-state index in [1.807, 2.05) is 12.1 Å². The highest BCUT2D eigenvalue weighted by molar-refractivity contribution is 14.1. The second kappa shape index (κ2) is 7.03. The van der Waals surface area contributed by atoms with Crippen molar-refractivity contribution in [2.75, 3.05) is 5.32 Å². The van der Waals surface area contributed by atoms with Crippen LogP contribution in [-0.2, 0) is 9.59 Å². The Bertz CT molecular complexity index is 678. The predicted octanol–water partition coefficient (Wildman–Crippen LogP) is 3.40. The summed E-state index contributed by atoms with van der Waals surface area (Å²) in [5.41, 5.74) is 1.01. The lowest BCUT2D eigenvalue weighted by molar-refractivity contribution is -0.131. The summed E-state index contributed by atoms with van der Waals surface area (Å²) in [4.78, 5) is 23.5. The molecule has 0 saturated carbocycles. The van der Waals surface area contributed by atoms with E-state index in [0.29, 0.717) is 11.3 Å². The van der Waals surface area contributed by atoms with Gasteiger partial charge in [0.05, 0.1) is 0 Å². The molecule has 0 aliphatic rings. The van der Waals surface area contributed by atoms with Gasteiger partial charge in [0.2, 0.25) is 5.78 Å². The first-order chi connectivity index (χ1) is 10.1. The number of benzene rings is 2. The van der Waals surface area contributed by atoms with E-state index in [9.17, 15) is 14.7 Å². The Labute approximate surface area is 135 Å². The number of nitrogens with one attached hydrogen (secondary N) is 1. The molecule has 4 nitrogen and oxygen atoms in total. The minimum Gasteiger partial charge on any atom is -0.507 e. The third-order valence-corrected chi connectivity index (χ3v) is 3.38. The van der Waals surface area contributed by atoms with Crippen molar-refractivity contribution in [2.45, 2.75) is 0 Å². The van der Waals surface area contributed by atoms with Crippen LogP contribution in [0.15, 0.2) is 60.7 Å². The summed E-state index contributed by atoms with van der Waals surface area (Å²) < 4.78 is 1.03. The molecule has 0 radical (unpaired) electrons. The number of hydrogen-bond acceptors (Lipinski definition) is 3. The van der Waals surface area contributed by atoms with Gasteiger partial charge < -0.3 is 10.4 Å². The molecule has 5 heteroatoms. The molecule has 0 atom stereocenters. The second-order valence-corrected chi connectivity index (χ2v) is 5.47. The molecule has 0 aliphatic heterocycles. The van der Waals surface area contributed by atoms with Gasteiger partial charge in [0.1, 0.15) is 5.76 Å². The molecule has 2 rings (SSSR count). The highest BCUT2D eigenvalue weighted by Crippen LogP contribution is 2.12. The lowest BCUT2D eigenvalue weighted by Gasteiger charge is -2.03. The molecule has 2 aromatic rings. The second-order valence-electron chi connectivity index (χ2n) is 4.22. The normalized spacial score (nSPS) is 11.0. The van der Waals surface area contributed by atoms with Gasteiger partial charge in [0.25, 0.3) is 5.91 Å². The van der Waals surface area contributed by atoms with Gasteiger partial charge in [-0.3, -0.25) is 9.59 Å². The fourth-order valence-electron chi connectivity index (χ4n) is 1.61. The van der Waals surface area contributed by atoms with Crippen molar-refractivity contribution >= 4 is 45.7 Å². The van der Waals surface area contributed by atoms with Gasteiger partial charge in [-0.05, 0) is 46.9 Å². The van der Waals surface area contributed by atoms with Crippen LogP contribution in [0.25, 0.3) is 5.76 Å². The summed E-state index contributed by atoms with van der Waals surface area (Å²) in [7, 11) is 0. The van der Waals surface area contributed by atoms with E-state index in [1.54, 1.807) is 42.5 Å². The number of halogens is 1. The maximum atomic E-state index is 11.7. The molecule has 2 N–H and O–H groups in total. The van der Waals surface area contributed by atoms with Crippen molar-refractivity contribution in [3.05, 3.63) is 69.8 Å². The van der Waals surface area contributed by atoms with E-state index in [4.69, 9.17) is 0 Å². The number of ketones is 1. The average molecular weight is 393 g/mol. The van der Waals surface area contributed by atoms with E-state index in [2.05, 4.69) is 27.9 Å². The van der Waals surface area contributed by atoms with E-state index < -0.39 is 11.7 Å². The van der Waals surface area contributed by atoms with Crippen LogP contribution in [-0.4, -0.2) is 16.8 Å². The minimum absolute atomic E-state index is 0.238. The Kier molecular flexibility index (Phi) is 5.10. The van der Waals surface area contributed by atoms with Gasteiger partial charge in [0, 0.05) is 20.9 Å². The molecule has 0 fully saturated rings. The highest BCUT2D eigenvalue weighted by Gasteiger charge is 2.13. The van der Waals surface area contributed by atoms with E-state index in [0.717, 1.165) is 9.65 Å². The Morgan fingerprint density at radius 1 is 1.00 bits per heavy atom. The number of rotatable bonds is 4. The first-order valence-electron chi connectivity index (χ1n) is 6.13. The summed E-state index contributed by atoms with van der Waals surface area (Å²) in [6.45, 7) is 0. The van der Waals surface area contributed by atoms with Gasteiger partial charge in [-0.1, -0.05) is 30.3 Å². The smallest absolute Gasteiger partial charge is 0.296 e. The molecule has 21 heavy (non-hydrogen) atoms. The minimum atomic E-state index is -0.810. The standard InChI is InChI=1S/C16H12INO3/c17-12-6-8-13(9-7-12)18-16(21)15(20)10-14(19)11-4-2-1-3-5-11/h1-10,19H,(H,18,21)/b14-10-. The average Bonchev–Trinajstić information content (AvgIpc) is 2.50. The molecule has 0 aliphatic carbocycles. The SMILES string of the molecule is O=C(/C=C(\O)c1ccccc1)C(=O)Nc1ccc(I)cc1. The Morgan fingerprint density at radius 3 is 2.24 bits per heavy atom. The van der Waals surface area contributed by atoms with Crippen LogP contribution in [0.5, 0.6) is 0 Å². The maximum Gasteiger partial charge on any atom is 0.296 e. The summed E-state index contributed by atoms with van der Waals surface area (Å²) in [5, 5.41) is 12.3. The Balaban J connectivity index is 2.06. The molecule has 0 heterocycles. The topological polar surface area (TPSA) is 66.4 Å². The summed E-state index contributed by atoms with van der Waals surface area (Å²) in [6, 6.07) is 15.6. The lowest BCUT2D eigenvalue weighted by Crippen LogP contribution is -2.21. The van der Waals surface area contributed by atoms with Gasteiger partial charge in [-0.25, -0.2) is 0 Å². The molecule has 0 saturated heterocycles. The maximum absolute atomic E-state index is 11.7. The molecular formula is C16H12INO3. The zero-order valence-electron chi connectivity index (χ0n) is 10.9. The zero-order chi connectivity index (χ0) is 15.2.